The van der Waals surface area contributed by atoms with Crippen LogP contribution in [0.1, 0.15) is 27.7 Å². The van der Waals surface area contributed by atoms with Crippen molar-refractivity contribution < 1.29 is 22.1 Å². The molecule has 1 saturated heterocycles. The number of aromatic nitrogens is 1. The summed E-state index contributed by atoms with van der Waals surface area (Å²) in [5.41, 5.74) is 0.441. The number of benzene rings is 1. The van der Waals surface area contributed by atoms with Gasteiger partial charge in [-0.05, 0) is 45.3 Å². The molecule has 0 radical (unpaired) electrons. The molecule has 2 aromatic rings. The van der Waals surface area contributed by atoms with E-state index in [0.29, 0.717) is 16.6 Å². The molecule has 7 nitrogen and oxygen atoms in total. The van der Waals surface area contributed by atoms with E-state index in [-0.39, 0.29) is 0 Å². The van der Waals surface area contributed by atoms with Crippen LogP contribution in [0.2, 0.25) is 0 Å². The average Bonchev–Trinajstić information content (AvgIpc) is 2.82. The Kier molecular flexibility index (Phi) is 3.74. The first kappa shape index (κ1) is 17.3. The standard InChI is InChI=1S/C15H20BNO6S/c1-14(2)15(3,4)23-16(22-14)10-6-7-12-11(8-10)17(13(18)21-12)9-24(5,19)20/h6-8H,9H2,1-5H3. The zero-order valence-corrected chi connectivity index (χ0v) is 15.1. The summed E-state index contributed by atoms with van der Waals surface area (Å²) in [5, 5.41) is 0. The van der Waals surface area contributed by atoms with Crippen LogP contribution in [0.25, 0.3) is 11.1 Å². The van der Waals surface area contributed by atoms with Crippen LogP contribution in [0, 0.1) is 0 Å². The van der Waals surface area contributed by atoms with Gasteiger partial charge in [-0.1, -0.05) is 6.07 Å². The Morgan fingerprint density at radius 3 is 2.25 bits per heavy atom. The second kappa shape index (κ2) is 5.21. The van der Waals surface area contributed by atoms with E-state index in [1.54, 1.807) is 18.2 Å². The van der Waals surface area contributed by atoms with Crippen LogP contribution >= 0.6 is 0 Å². The molecule has 0 N–H and O–H groups in total. The van der Waals surface area contributed by atoms with Gasteiger partial charge in [0.05, 0.1) is 16.7 Å². The van der Waals surface area contributed by atoms with Crippen molar-refractivity contribution in [1.29, 1.82) is 0 Å². The number of hydrogen-bond donors (Lipinski definition) is 0. The minimum atomic E-state index is -3.39. The summed E-state index contributed by atoms with van der Waals surface area (Å²) in [6, 6.07) is 5.04. The van der Waals surface area contributed by atoms with Gasteiger partial charge in [0.2, 0.25) is 0 Å². The zero-order valence-electron chi connectivity index (χ0n) is 14.3. The monoisotopic (exact) mass is 353 g/mol. The van der Waals surface area contributed by atoms with Crippen LogP contribution in [-0.2, 0) is 25.0 Å². The number of oxazole rings is 1. The maximum atomic E-state index is 11.9. The van der Waals surface area contributed by atoms with Crippen LogP contribution in [0.3, 0.4) is 0 Å². The van der Waals surface area contributed by atoms with Crippen molar-refractivity contribution in [2.75, 3.05) is 6.26 Å². The topological polar surface area (TPSA) is 87.7 Å². The highest BCUT2D eigenvalue weighted by Crippen LogP contribution is 2.36. The third-order valence-electron chi connectivity index (χ3n) is 4.58. The second-order valence-electron chi connectivity index (χ2n) is 7.17. The quantitative estimate of drug-likeness (QED) is 0.762. The molecule has 0 spiro atoms. The molecule has 1 aliphatic rings. The summed E-state index contributed by atoms with van der Waals surface area (Å²) in [6.07, 6.45) is 1.07. The molecule has 130 valence electrons. The number of rotatable bonds is 3. The van der Waals surface area contributed by atoms with E-state index in [1.165, 1.54) is 0 Å². The Labute approximate surface area is 140 Å². The summed E-state index contributed by atoms with van der Waals surface area (Å²) in [7, 11) is -3.99. The van der Waals surface area contributed by atoms with Crippen LogP contribution in [0.15, 0.2) is 27.4 Å². The van der Waals surface area contributed by atoms with E-state index in [0.717, 1.165) is 10.8 Å². The summed E-state index contributed by atoms with van der Waals surface area (Å²) >= 11 is 0. The molecule has 0 aliphatic carbocycles. The molecule has 3 rings (SSSR count). The number of fused-ring (bicyclic) bond motifs is 1. The molecule has 1 aromatic carbocycles. The molecule has 9 heteroatoms. The van der Waals surface area contributed by atoms with Gasteiger partial charge in [0.15, 0.2) is 15.4 Å². The molecular formula is C15H20BNO6S. The molecule has 0 atom stereocenters. The number of nitrogens with zero attached hydrogens (tertiary/aromatic N) is 1. The van der Waals surface area contributed by atoms with Gasteiger partial charge in [-0.25, -0.2) is 13.2 Å². The van der Waals surface area contributed by atoms with Gasteiger partial charge in [-0.15, -0.1) is 0 Å². The number of hydrogen-bond acceptors (Lipinski definition) is 6. The third-order valence-corrected chi connectivity index (χ3v) is 5.31. The van der Waals surface area contributed by atoms with Gasteiger partial charge in [0, 0.05) is 6.26 Å². The van der Waals surface area contributed by atoms with Crippen LogP contribution in [0.5, 0.6) is 0 Å². The van der Waals surface area contributed by atoms with Crippen LogP contribution in [-0.4, -0.2) is 37.6 Å². The lowest BCUT2D eigenvalue weighted by atomic mass is 9.79. The van der Waals surface area contributed by atoms with E-state index >= 15 is 0 Å². The van der Waals surface area contributed by atoms with E-state index in [9.17, 15) is 13.2 Å². The Morgan fingerprint density at radius 1 is 1.12 bits per heavy atom. The summed E-state index contributed by atoms with van der Waals surface area (Å²) in [5.74, 6) is -1.15. The first-order chi connectivity index (χ1) is 10.9. The normalized spacial score (nSPS) is 20.0. The van der Waals surface area contributed by atoms with Crippen molar-refractivity contribution in [2.45, 2.75) is 44.8 Å². The average molecular weight is 353 g/mol. The zero-order chi connectivity index (χ0) is 17.9. The molecule has 2 heterocycles. The van der Waals surface area contributed by atoms with E-state index in [4.69, 9.17) is 13.7 Å². The van der Waals surface area contributed by atoms with Crippen molar-refractivity contribution in [3.63, 3.8) is 0 Å². The first-order valence-electron chi connectivity index (χ1n) is 7.56. The Balaban J connectivity index is 2.06. The van der Waals surface area contributed by atoms with Crippen molar-refractivity contribution in [3.8, 4) is 0 Å². The largest absolute Gasteiger partial charge is 0.494 e. The fourth-order valence-electron chi connectivity index (χ4n) is 2.56. The predicted molar refractivity (Wildman–Crippen MR) is 91.0 cm³/mol. The fraction of sp³-hybridized carbons (Fsp3) is 0.533. The molecule has 24 heavy (non-hydrogen) atoms. The van der Waals surface area contributed by atoms with Gasteiger partial charge in [-0.2, -0.15) is 0 Å². The van der Waals surface area contributed by atoms with Crippen molar-refractivity contribution >= 4 is 33.5 Å². The van der Waals surface area contributed by atoms with E-state index in [2.05, 4.69) is 0 Å². The minimum absolute atomic E-state index is 0.323. The van der Waals surface area contributed by atoms with Crippen LogP contribution in [0.4, 0.5) is 0 Å². The van der Waals surface area contributed by atoms with Gasteiger partial charge in [-0.3, -0.25) is 4.57 Å². The molecule has 1 fully saturated rings. The summed E-state index contributed by atoms with van der Waals surface area (Å²) in [4.78, 5) is 11.9. The highest BCUT2D eigenvalue weighted by atomic mass is 32.2. The van der Waals surface area contributed by atoms with Gasteiger partial charge in [0.1, 0.15) is 5.88 Å². The maximum absolute atomic E-state index is 11.9. The minimum Gasteiger partial charge on any atom is -0.408 e. The predicted octanol–water partition coefficient (Wildman–Crippen LogP) is 0.896. The van der Waals surface area contributed by atoms with E-state index < -0.39 is 39.8 Å². The summed E-state index contributed by atoms with van der Waals surface area (Å²) < 4.78 is 41.3. The van der Waals surface area contributed by atoms with E-state index in [1.807, 2.05) is 27.7 Å². The molecule has 1 aliphatic heterocycles. The first-order valence-corrected chi connectivity index (χ1v) is 9.62. The Hall–Kier alpha value is -1.58. The highest BCUT2D eigenvalue weighted by molar-refractivity contribution is 7.89. The lowest BCUT2D eigenvalue weighted by Gasteiger charge is -2.32. The van der Waals surface area contributed by atoms with Crippen molar-refractivity contribution in [2.24, 2.45) is 0 Å². The van der Waals surface area contributed by atoms with Crippen LogP contribution < -0.4 is 11.2 Å². The van der Waals surface area contributed by atoms with Gasteiger partial charge in [0.25, 0.3) is 0 Å². The molecule has 0 amide bonds. The molecule has 0 saturated carbocycles. The van der Waals surface area contributed by atoms with Crippen molar-refractivity contribution in [1.82, 2.24) is 4.57 Å². The molecule has 1 aromatic heterocycles. The fourth-order valence-corrected chi connectivity index (χ4v) is 3.28. The maximum Gasteiger partial charge on any atom is 0.494 e. The van der Waals surface area contributed by atoms with Gasteiger partial charge < -0.3 is 13.7 Å². The Bertz CT molecular complexity index is 940. The molecule has 0 bridgehead atoms. The molecular weight excluding hydrogens is 333 g/mol. The highest BCUT2D eigenvalue weighted by Gasteiger charge is 2.51. The second-order valence-corrected chi connectivity index (χ2v) is 9.28. The van der Waals surface area contributed by atoms with Crippen molar-refractivity contribution in [3.05, 3.63) is 28.7 Å². The van der Waals surface area contributed by atoms with Gasteiger partial charge >= 0.3 is 12.9 Å². The lowest BCUT2D eigenvalue weighted by Crippen LogP contribution is -2.41. The SMILES string of the molecule is CC1(C)OB(c2ccc3oc(=O)n(CS(C)(=O)=O)c3c2)OC1(C)C. The lowest BCUT2D eigenvalue weighted by molar-refractivity contribution is 0.00578. The number of sulfone groups is 1. The molecule has 0 unspecified atom stereocenters. The summed E-state index contributed by atoms with van der Waals surface area (Å²) in [6.45, 7) is 7.79. The smallest absolute Gasteiger partial charge is 0.408 e. The third kappa shape index (κ3) is 2.91. The Morgan fingerprint density at radius 2 is 1.71 bits per heavy atom.